The fraction of sp³-hybridized carbons (Fsp3) is 0.115. The third kappa shape index (κ3) is 3.99. The van der Waals surface area contributed by atoms with Crippen LogP contribution in [-0.4, -0.2) is 44.7 Å². The van der Waals surface area contributed by atoms with Gasteiger partial charge in [0.05, 0.1) is 35.3 Å². The van der Waals surface area contributed by atoms with Crippen LogP contribution in [0.3, 0.4) is 0 Å². The molecule has 10 nitrogen and oxygen atoms in total. The molecule has 1 amide bonds. The number of hydrogen-bond acceptors (Lipinski definition) is 8. The second kappa shape index (κ2) is 9.08. The molecule has 1 aliphatic heterocycles. The highest BCUT2D eigenvalue weighted by Crippen LogP contribution is 2.27. The topological polar surface area (TPSA) is 119 Å². The summed E-state index contributed by atoms with van der Waals surface area (Å²) in [4.78, 5) is 17.8. The van der Waals surface area contributed by atoms with E-state index in [0.717, 1.165) is 22.2 Å². The Labute approximate surface area is 205 Å². The number of methoxy groups -OCH3 is 1. The Morgan fingerprint density at radius 2 is 1.89 bits per heavy atom. The van der Waals surface area contributed by atoms with Crippen molar-refractivity contribution in [3.05, 3.63) is 95.8 Å². The Morgan fingerprint density at radius 1 is 1.06 bits per heavy atom. The molecule has 0 saturated carbocycles. The van der Waals surface area contributed by atoms with Crippen molar-refractivity contribution in [2.75, 3.05) is 17.7 Å². The third-order valence-corrected chi connectivity index (χ3v) is 5.81. The van der Waals surface area contributed by atoms with Crippen LogP contribution in [0, 0.1) is 0 Å². The molecule has 10 heteroatoms. The van der Waals surface area contributed by atoms with Gasteiger partial charge in [-0.2, -0.15) is 5.10 Å². The number of para-hydroxylation sites is 1. The molecular formula is C26H21N7O3. The number of benzodiazepines with no additional fused rings is 1. The quantitative estimate of drug-likeness (QED) is 0.381. The molecule has 0 saturated heterocycles. The second-order valence-electron chi connectivity index (χ2n) is 8.19. The minimum Gasteiger partial charge on any atom is -0.403 e. The molecule has 1 atom stereocenters. The van der Waals surface area contributed by atoms with E-state index in [1.807, 2.05) is 72.9 Å². The first kappa shape index (κ1) is 21.7. The first-order valence-corrected chi connectivity index (χ1v) is 11.3. The SMILES string of the molecule is COCc1ccn2ncc(-c3nnc(N[C@H]4N=C(c5ccccc5)c5ccccc5NC4=O)o3)c2c1. The van der Waals surface area contributed by atoms with Crippen molar-refractivity contribution in [2.45, 2.75) is 12.8 Å². The number of amides is 1. The van der Waals surface area contributed by atoms with Gasteiger partial charge in [-0.1, -0.05) is 53.6 Å². The van der Waals surface area contributed by atoms with Crippen molar-refractivity contribution < 1.29 is 13.9 Å². The molecule has 0 unspecified atom stereocenters. The number of ether oxygens (including phenoxy) is 1. The van der Waals surface area contributed by atoms with Crippen LogP contribution < -0.4 is 10.6 Å². The molecule has 5 aromatic rings. The number of pyridine rings is 1. The van der Waals surface area contributed by atoms with Crippen LogP contribution >= 0.6 is 0 Å². The summed E-state index contributed by atoms with van der Waals surface area (Å²) in [6.07, 6.45) is 2.51. The van der Waals surface area contributed by atoms with Crippen molar-refractivity contribution in [1.29, 1.82) is 0 Å². The van der Waals surface area contributed by atoms with E-state index in [1.165, 1.54) is 0 Å². The van der Waals surface area contributed by atoms with Gasteiger partial charge in [0.1, 0.15) is 0 Å². The Hall–Kier alpha value is -4.83. The number of nitrogens with one attached hydrogen (secondary N) is 2. The summed E-state index contributed by atoms with van der Waals surface area (Å²) in [6, 6.07) is 21.2. The Balaban J connectivity index is 1.34. The first-order valence-electron chi connectivity index (χ1n) is 11.3. The summed E-state index contributed by atoms with van der Waals surface area (Å²) in [6.45, 7) is 0.471. The van der Waals surface area contributed by atoms with Gasteiger partial charge < -0.3 is 19.8 Å². The zero-order valence-electron chi connectivity index (χ0n) is 19.3. The molecule has 3 aromatic heterocycles. The Bertz CT molecular complexity index is 1590. The average Bonchev–Trinajstić information content (AvgIpc) is 3.51. The van der Waals surface area contributed by atoms with Gasteiger partial charge >= 0.3 is 6.01 Å². The minimum absolute atomic E-state index is 0.0691. The normalized spacial score (nSPS) is 15.2. The van der Waals surface area contributed by atoms with E-state index in [-0.39, 0.29) is 17.8 Å². The molecule has 0 bridgehead atoms. The number of rotatable bonds is 6. The van der Waals surface area contributed by atoms with Crippen molar-refractivity contribution in [3.8, 4) is 11.5 Å². The maximum atomic E-state index is 13.1. The summed E-state index contributed by atoms with van der Waals surface area (Å²) in [5.74, 6) is -0.0695. The molecule has 2 aromatic carbocycles. The summed E-state index contributed by atoms with van der Waals surface area (Å²) in [5, 5.41) is 18.5. The van der Waals surface area contributed by atoms with Crippen LogP contribution in [-0.2, 0) is 16.1 Å². The van der Waals surface area contributed by atoms with Crippen molar-refractivity contribution in [2.24, 2.45) is 4.99 Å². The van der Waals surface area contributed by atoms with Crippen LogP contribution in [0.1, 0.15) is 16.7 Å². The number of carbonyl (C=O) groups is 1. The number of anilines is 2. The predicted octanol–water partition coefficient (Wildman–Crippen LogP) is 3.76. The van der Waals surface area contributed by atoms with Crippen molar-refractivity contribution in [1.82, 2.24) is 19.8 Å². The number of aliphatic imine (C=N–C) groups is 1. The monoisotopic (exact) mass is 479 g/mol. The van der Waals surface area contributed by atoms with E-state index >= 15 is 0 Å². The lowest BCUT2D eigenvalue weighted by atomic mass is 10.0. The van der Waals surface area contributed by atoms with E-state index in [1.54, 1.807) is 17.8 Å². The van der Waals surface area contributed by atoms with Crippen LogP contribution in [0.4, 0.5) is 11.7 Å². The molecule has 6 rings (SSSR count). The van der Waals surface area contributed by atoms with Crippen molar-refractivity contribution >= 4 is 28.8 Å². The smallest absolute Gasteiger partial charge is 0.317 e. The molecule has 0 aliphatic carbocycles. The number of carbonyl (C=O) groups excluding carboxylic acids is 1. The van der Waals surface area contributed by atoms with E-state index in [9.17, 15) is 4.79 Å². The Kier molecular flexibility index (Phi) is 5.47. The van der Waals surface area contributed by atoms with Gasteiger partial charge in [-0.15, -0.1) is 5.10 Å². The number of aromatic nitrogens is 4. The van der Waals surface area contributed by atoms with Gasteiger partial charge in [0, 0.05) is 24.4 Å². The fourth-order valence-electron chi connectivity index (χ4n) is 4.13. The standard InChI is InChI=1S/C26H21N7O3/c1-35-15-16-11-12-33-21(13-16)19(14-27-33)25-31-32-26(36-25)30-23-24(34)28-20-10-6-5-9-18(20)22(29-23)17-7-3-2-4-8-17/h2-14,23H,15H2,1H3,(H,28,34)(H,30,32)/t23-/m1/s1. The number of hydrogen-bond donors (Lipinski definition) is 2. The first-order chi connectivity index (χ1) is 17.7. The maximum Gasteiger partial charge on any atom is 0.317 e. The van der Waals surface area contributed by atoms with Crippen LogP contribution in [0.5, 0.6) is 0 Å². The molecule has 36 heavy (non-hydrogen) atoms. The predicted molar refractivity (Wildman–Crippen MR) is 134 cm³/mol. The van der Waals surface area contributed by atoms with Crippen LogP contribution in [0.15, 0.2) is 88.5 Å². The lowest BCUT2D eigenvalue weighted by Crippen LogP contribution is -2.32. The van der Waals surface area contributed by atoms with Gasteiger partial charge in [0.25, 0.3) is 11.8 Å². The third-order valence-electron chi connectivity index (χ3n) is 5.81. The molecule has 178 valence electrons. The average molecular weight is 480 g/mol. The van der Waals surface area contributed by atoms with Crippen LogP contribution in [0.2, 0.25) is 0 Å². The Morgan fingerprint density at radius 3 is 2.75 bits per heavy atom. The van der Waals surface area contributed by atoms with Gasteiger partial charge in [-0.3, -0.25) is 4.79 Å². The lowest BCUT2D eigenvalue weighted by molar-refractivity contribution is -0.116. The van der Waals surface area contributed by atoms with Gasteiger partial charge in [-0.05, 0) is 23.8 Å². The second-order valence-corrected chi connectivity index (χ2v) is 8.19. The molecule has 0 spiro atoms. The van der Waals surface area contributed by atoms with Gasteiger partial charge in [0.2, 0.25) is 6.17 Å². The van der Waals surface area contributed by atoms with Gasteiger partial charge in [0.15, 0.2) is 0 Å². The van der Waals surface area contributed by atoms with Gasteiger partial charge in [-0.25, -0.2) is 9.51 Å². The lowest BCUT2D eigenvalue weighted by Gasteiger charge is -2.11. The van der Waals surface area contributed by atoms with E-state index in [4.69, 9.17) is 14.1 Å². The summed E-state index contributed by atoms with van der Waals surface area (Å²) in [7, 11) is 1.64. The number of nitrogens with zero attached hydrogens (tertiary/aromatic N) is 5. The highest BCUT2D eigenvalue weighted by atomic mass is 16.5. The highest BCUT2D eigenvalue weighted by Gasteiger charge is 2.27. The van der Waals surface area contributed by atoms with Crippen molar-refractivity contribution in [3.63, 3.8) is 0 Å². The molecule has 2 N–H and O–H groups in total. The van der Waals surface area contributed by atoms with E-state index < -0.39 is 6.17 Å². The number of benzene rings is 2. The molecule has 1 aliphatic rings. The fourth-order valence-corrected chi connectivity index (χ4v) is 4.13. The highest BCUT2D eigenvalue weighted by molar-refractivity contribution is 6.19. The number of fused-ring (bicyclic) bond motifs is 2. The minimum atomic E-state index is -0.988. The summed E-state index contributed by atoms with van der Waals surface area (Å²) >= 11 is 0. The zero-order valence-corrected chi connectivity index (χ0v) is 19.3. The largest absolute Gasteiger partial charge is 0.403 e. The molecular weight excluding hydrogens is 458 g/mol. The molecule has 0 radical (unpaired) electrons. The zero-order chi connectivity index (χ0) is 24.5. The molecule has 0 fully saturated rings. The summed E-state index contributed by atoms with van der Waals surface area (Å²) < 4.78 is 12.8. The van der Waals surface area contributed by atoms with E-state index in [0.29, 0.717) is 23.6 Å². The van der Waals surface area contributed by atoms with Crippen LogP contribution in [0.25, 0.3) is 17.0 Å². The van der Waals surface area contributed by atoms with E-state index in [2.05, 4.69) is 25.9 Å². The maximum absolute atomic E-state index is 13.1. The molecule has 4 heterocycles. The summed E-state index contributed by atoms with van der Waals surface area (Å²) in [5.41, 5.74) is 5.52.